The fourth-order valence-corrected chi connectivity index (χ4v) is 5.83. The highest BCUT2D eigenvalue weighted by atomic mass is 16.5. The maximum atomic E-state index is 13.0. The van der Waals surface area contributed by atoms with Crippen LogP contribution in [0.15, 0.2) is 48.5 Å². The average molecular weight is 474 g/mol. The zero-order chi connectivity index (χ0) is 24.2. The summed E-state index contributed by atoms with van der Waals surface area (Å²) in [5, 5.41) is 0. The molecule has 5 heteroatoms. The normalized spacial score (nSPS) is 20.0. The second-order valence-corrected chi connectivity index (χ2v) is 10.4. The smallest absolute Gasteiger partial charge is 0.223 e. The number of amides is 1. The summed E-state index contributed by atoms with van der Waals surface area (Å²) in [6, 6.07) is 17.3. The van der Waals surface area contributed by atoms with E-state index in [0.29, 0.717) is 30.9 Å². The minimum absolute atomic E-state index is 0.172. The number of ether oxygens (including phenoxy) is 1. The topological polar surface area (TPSA) is 47.4 Å². The molecule has 1 aliphatic heterocycles. The van der Waals surface area contributed by atoms with Crippen molar-refractivity contribution in [3.8, 4) is 5.75 Å². The zero-order valence-corrected chi connectivity index (χ0v) is 21.3. The number of fused-ring (bicyclic) bond motifs is 1. The van der Waals surface area contributed by atoms with E-state index < -0.39 is 0 Å². The van der Waals surface area contributed by atoms with E-state index in [2.05, 4.69) is 65.8 Å². The molecule has 5 rings (SSSR count). The lowest BCUT2D eigenvalue weighted by Crippen LogP contribution is -2.37. The second-order valence-electron chi connectivity index (χ2n) is 10.4. The Morgan fingerprint density at radius 2 is 1.83 bits per heavy atom. The molecule has 0 bridgehead atoms. The van der Waals surface area contributed by atoms with Crippen molar-refractivity contribution in [1.29, 1.82) is 0 Å². The number of aromatic nitrogens is 2. The largest absolute Gasteiger partial charge is 0.494 e. The van der Waals surface area contributed by atoms with Crippen LogP contribution in [-0.2, 0) is 11.3 Å². The van der Waals surface area contributed by atoms with Gasteiger partial charge >= 0.3 is 0 Å². The summed E-state index contributed by atoms with van der Waals surface area (Å²) in [5.41, 5.74) is 3.54. The van der Waals surface area contributed by atoms with Crippen molar-refractivity contribution in [3.05, 3.63) is 59.9 Å². The third-order valence-electron chi connectivity index (χ3n) is 8.08. The third-order valence-corrected chi connectivity index (χ3v) is 8.08. The summed E-state index contributed by atoms with van der Waals surface area (Å²) in [5.74, 6) is 3.05. The highest BCUT2D eigenvalue weighted by Crippen LogP contribution is 2.34. The number of benzene rings is 2. The van der Waals surface area contributed by atoms with Gasteiger partial charge < -0.3 is 14.2 Å². The van der Waals surface area contributed by atoms with Crippen LogP contribution in [0.25, 0.3) is 11.0 Å². The Balaban J connectivity index is 1.26. The number of aryl methyl sites for hydroxylation is 1. The number of likely N-dealkylation sites (tertiary alicyclic amines) is 1. The molecule has 186 valence electrons. The van der Waals surface area contributed by atoms with Crippen LogP contribution >= 0.6 is 0 Å². The number of hydrogen-bond donors (Lipinski definition) is 0. The number of imidazole rings is 1. The summed E-state index contributed by atoms with van der Waals surface area (Å²) in [7, 11) is 0. The number of hydrogen-bond acceptors (Lipinski definition) is 3. The standard InChI is InChI=1S/C30H39N3O2/c1-3-22(2)23-14-16-26(17-15-23)35-19-9-18-32-28-13-8-7-12-27(28)31-30(32)24-20-29(34)33(21-24)25-10-5-4-6-11-25/h7-8,12-17,22,24-25H,3-6,9-11,18-21H2,1-2H3. The van der Waals surface area contributed by atoms with E-state index in [1.165, 1.54) is 24.8 Å². The van der Waals surface area contributed by atoms with E-state index in [0.717, 1.165) is 61.4 Å². The lowest BCUT2D eigenvalue weighted by Gasteiger charge is -2.31. The first-order valence-electron chi connectivity index (χ1n) is 13.6. The number of carbonyl (C=O) groups excluding carboxylic acids is 1. The van der Waals surface area contributed by atoms with E-state index in [9.17, 15) is 4.79 Å². The Morgan fingerprint density at radius 3 is 2.60 bits per heavy atom. The summed E-state index contributed by atoms with van der Waals surface area (Å²) in [4.78, 5) is 20.1. The third kappa shape index (κ3) is 5.24. The fourth-order valence-electron chi connectivity index (χ4n) is 5.83. The Hall–Kier alpha value is -2.82. The van der Waals surface area contributed by atoms with Crippen LogP contribution in [0, 0.1) is 0 Å². The molecule has 2 aromatic carbocycles. The van der Waals surface area contributed by atoms with E-state index >= 15 is 0 Å². The molecule has 0 spiro atoms. The van der Waals surface area contributed by atoms with Gasteiger partial charge in [0.25, 0.3) is 0 Å². The van der Waals surface area contributed by atoms with E-state index in [1.54, 1.807) is 0 Å². The highest BCUT2D eigenvalue weighted by molar-refractivity contribution is 5.81. The maximum Gasteiger partial charge on any atom is 0.223 e. The van der Waals surface area contributed by atoms with Crippen molar-refractivity contribution in [1.82, 2.24) is 14.5 Å². The average Bonchev–Trinajstić information content (AvgIpc) is 3.47. The van der Waals surface area contributed by atoms with Crippen molar-refractivity contribution < 1.29 is 9.53 Å². The molecule has 2 unspecified atom stereocenters. The number of carbonyl (C=O) groups is 1. The highest BCUT2D eigenvalue weighted by Gasteiger charge is 2.37. The predicted octanol–water partition coefficient (Wildman–Crippen LogP) is 6.67. The lowest BCUT2D eigenvalue weighted by atomic mass is 9.94. The van der Waals surface area contributed by atoms with Crippen LogP contribution in [0.2, 0.25) is 0 Å². The first kappa shape index (κ1) is 23.9. The zero-order valence-electron chi connectivity index (χ0n) is 21.3. The predicted molar refractivity (Wildman–Crippen MR) is 141 cm³/mol. The molecule has 2 heterocycles. The van der Waals surface area contributed by atoms with Crippen molar-refractivity contribution in [3.63, 3.8) is 0 Å². The van der Waals surface area contributed by atoms with Gasteiger partial charge in [-0.3, -0.25) is 4.79 Å². The Labute approximate surface area is 209 Å². The van der Waals surface area contributed by atoms with Gasteiger partial charge in [0.05, 0.1) is 17.6 Å². The van der Waals surface area contributed by atoms with Crippen molar-refractivity contribution in [2.75, 3.05) is 13.2 Å². The molecular formula is C30H39N3O2. The molecule has 3 aromatic rings. The molecule has 1 amide bonds. The van der Waals surface area contributed by atoms with E-state index in [4.69, 9.17) is 9.72 Å². The van der Waals surface area contributed by atoms with E-state index in [1.807, 2.05) is 6.07 Å². The van der Waals surface area contributed by atoms with Crippen LogP contribution in [0.5, 0.6) is 5.75 Å². The molecule has 1 saturated heterocycles. The Bertz CT molecular complexity index is 1130. The van der Waals surface area contributed by atoms with Crippen molar-refractivity contribution in [2.45, 2.75) is 89.6 Å². The molecule has 2 fully saturated rings. The number of para-hydroxylation sites is 2. The van der Waals surface area contributed by atoms with Gasteiger partial charge in [-0.1, -0.05) is 57.4 Å². The molecule has 35 heavy (non-hydrogen) atoms. The summed E-state index contributed by atoms with van der Waals surface area (Å²) < 4.78 is 8.41. The fraction of sp³-hybridized carbons (Fsp3) is 0.533. The monoisotopic (exact) mass is 473 g/mol. The SMILES string of the molecule is CCC(C)c1ccc(OCCCn2c(C3CC(=O)N(C4CCCCC4)C3)nc3ccccc32)cc1. The first-order valence-corrected chi connectivity index (χ1v) is 13.6. The van der Waals surface area contributed by atoms with Gasteiger partial charge in [-0.25, -0.2) is 4.98 Å². The molecule has 2 atom stereocenters. The number of rotatable bonds is 9. The van der Waals surface area contributed by atoms with Crippen molar-refractivity contribution >= 4 is 16.9 Å². The van der Waals surface area contributed by atoms with Crippen molar-refractivity contribution in [2.24, 2.45) is 0 Å². The molecule has 0 N–H and O–H groups in total. The van der Waals surface area contributed by atoms with Crippen LogP contribution in [-0.4, -0.2) is 39.6 Å². The molecule has 1 aromatic heterocycles. The minimum atomic E-state index is 0.172. The molecule has 5 nitrogen and oxygen atoms in total. The Morgan fingerprint density at radius 1 is 1.06 bits per heavy atom. The van der Waals surface area contributed by atoms with Gasteiger partial charge in [-0.2, -0.15) is 0 Å². The molecular weight excluding hydrogens is 434 g/mol. The van der Waals surface area contributed by atoms with Crippen LogP contribution in [0.4, 0.5) is 0 Å². The molecule has 0 radical (unpaired) electrons. The maximum absolute atomic E-state index is 13.0. The van der Waals surface area contributed by atoms with Gasteiger partial charge in [-0.05, 0) is 61.4 Å². The van der Waals surface area contributed by atoms with Gasteiger partial charge in [0.2, 0.25) is 5.91 Å². The lowest BCUT2D eigenvalue weighted by molar-refractivity contribution is -0.130. The summed E-state index contributed by atoms with van der Waals surface area (Å²) in [6.45, 7) is 6.79. The van der Waals surface area contributed by atoms with Gasteiger partial charge in [0, 0.05) is 31.5 Å². The number of nitrogens with zero attached hydrogens (tertiary/aromatic N) is 3. The molecule has 2 aliphatic rings. The van der Waals surface area contributed by atoms with Crippen LogP contribution in [0.3, 0.4) is 0 Å². The molecule has 1 aliphatic carbocycles. The van der Waals surface area contributed by atoms with Gasteiger partial charge in [-0.15, -0.1) is 0 Å². The minimum Gasteiger partial charge on any atom is -0.494 e. The van der Waals surface area contributed by atoms with Crippen LogP contribution in [0.1, 0.15) is 88.4 Å². The second kappa shape index (κ2) is 10.8. The van der Waals surface area contributed by atoms with Gasteiger partial charge in [0.15, 0.2) is 0 Å². The Kier molecular flexibility index (Phi) is 7.40. The first-order chi connectivity index (χ1) is 17.1. The summed E-state index contributed by atoms with van der Waals surface area (Å²) >= 11 is 0. The quantitative estimate of drug-likeness (QED) is 0.326. The van der Waals surface area contributed by atoms with Crippen LogP contribution < -0.4 is 4.74 Å². The van der Waals surface area contributed by atoms with E-state index in [-0.39, 0.29) is 5.92 Å². The van der Waals surface area contributed by atoms with Gasteiger partial charge in [0.1, 0.15) is 11.6 Å². The summed E-state index contributed by atoms with van der Waals surface area (Å²) in [6.07, 6.45) is 8.74. The molecule has 1 saturated carbocycles.